The second-order valence-corrected chi connectivity index (χ2v) is 7.42. The van der Waals surface area contributed by atoms with Crippen LogP contribution in [0.3, 0.4) is 0 Å². The SMILES string of the molecule is COc1cc(/C=C2/C(=O)OC[C@@H]2[C@H](O)c2ccc(OC(C)C)c(O)c2)cc(OC)c1O. The zero-order valence-corrected chi connectivity index (χ0v) is 17.8. The van der Waals surface area contributed by atoms with Crippen LogP contribution in [0.1, 0.15) is 31.1 Å². The van der Waals surface area contributed by atoms with Crippen LogP contribution < -0.4 is 14.2 Å². The average Bonchev–Trinajstić information content (AvgIpc) is 3.09. The second-order valence-electron chi connectivity index (χ2n) is 7.42. The molecule has 31 heavy (non-hydrogen) atoms. The van der Waals surface area contributed by atoms with Gasteiger partial charge in [0.1, 0.15) is 6.61 Å². The van der Waals surface area contributed by atoms with Gasteiger partial charge in [0.2, 0.25) is 5.75 Å². The lowest BCUT2D eigenvalue weighted by atomic mass is 9.89. The van der Waals surface area contributed by atoms with Crippen molar-refractivity contribution < 1.29 is 39.1 Å². The largest absolute Gasteiger partial charge is 0.504 e. The second kappa shape index (κ2) is 9.18. The van der Waals surface area contributed by atoms with Gasteiger partial charge in [0.15, 0.2) is 23.0 Å². The van der Waals surface area contributed by atoms with Crippen LogP contribution in [-0.4, -0.2) is 48.2 Å². The molecule has 1 aliphatic rings. The first-order chi connectivity index (χ1) is 14.7. The van der Waals surface area contributed by atoms with Crippen molar-refractivity contribution in [1.82, 2.24) is 0 Å². The van der Waals surface area contributed by atoms with Gasteiger partial charge >= 0.3 is 5.97 Å². The molecule has 1 fully saturated rings. The predicted molar refractivity (Wildman–Crippen MR) is 112 cm³/mol. The molecule has 0 aromatic heterocycles. The minimum absolute atomic E-state index is 0.0107. The number of methoxy groups -OCH3 is 2. The quantitative estimate of drug-likeness (QED) is 0.453. The number of hydrogen-bond donors (Lipinski definition) is 3. The summed E-state index contributed by atoms with van der Waals surface area (Å²) in [6, 6.07) is 7.71. The number of aliphatic hydroxyl groups is 1. The number of benzene rings is 2. The van der Waals surface area contributed by atoms with E-state index in [4.69, 9.17) is 18.9 Å². The number of phenols is 2. The van der Waals surface area contributed by atoms with Crippen LogP contribution in [0.4, 0.5) is 0 Å². The van der Waals surface area contributed by atoms with Gasteiger partial charge in [-0.1, -0.05) is 6.07 Å². The van der Waals surface area contributed by atoms with Crippen molar-refractivity contribution >= 4 is 12.0 Å². The van der Waals surface area contributed by atoms with E-state index in [1.165, 1.54) is 20.3 Å². The van der Waals surface area contributed by atoms with Crippen molar-refractivity contribution in [3.8, 4) is 28.7 Å². The fourth-order valence-electron chi connectivity index (χ4n) is 3.40. The zero-order valence-electron chi connectivity index (χ0n) is 17.8. The van der Waals surface area contributed by atoms with E-state index in [0.29, 0.717) is 16.9 Å². The highest BCUT2D eigenvalue weighted by molar-refractivity contribution is 5.96. The van der Waals surface area contributed by atoms with Crippen molar-refractivity contribution in [2.45, 2.75) is 26.1 Å². The number of rotatable bonds is 7. The molecule has 0 radical (unpaired) electrons. The third-order valence-electron chi connectivity index (χ3n) is 4.92. The predicted octanol–water partition coefficient (Wildman–Crippen LogP) is 3.19. The normalized spacial score (nSPS) is 18.2. The van der Waals surface area contributed by atoms with E-state index < -0.39 is 18.0 Å². The van der Waals surface area contributed by atoms with Gasteiger partial charge < -0.3 is 34.3 Å². The molecule has 1 aliphatic heterocycles. The molecule has 0 spiro atoms. The summed E-state index contributed by atoms with van der Waals surface area (Å²) in [7, 11) is 2.81. The Bertz CT molecular complexity index is 970. The van der Waals surface area contributed by atoms with Crippen LogP contribution in [0.25, 0.3) is 6.08 Å². The molecule has 0 bridgehead atoms. The summed E-state index contributed by atoms with van der Waals surface area (Å²) in [6.45, 7) is 3.67. The third-order valence-corrected chi connectivity index (χ3v) is 4.92. The lowest BCUT2D eigenvalue weighted by Crippen LogP contribution is -2.15. The maximum Gasteiger partial charge on any atom is 0.334 e. The monoisotopic (exact) mass is 430 g/mol. The minimum atomic E-state index is -1.10. The van der Waals surface area contributed by atoms with Crippen LogP contribution in [0.15, 0.2) is 35.9 Å². The number of phenolic OH excluding ortho intramolecular Hbond substituents is 2. The molecule has 0 unspecified atom stereocenters. The molecule has 1 saturated heterocycles. The summed E-state index contributed by atoms with van der Waals surface area (Å²) in [5.41, 5.74) is 1.20. The van der Waals surface area contributed by atoms with Gasteiger partial charge in [0.25, 0.3) is 0 Å². The van der Waals surface area contributed by atoms with Gasteiger partial charge in [-0.05, 0) is 55.3 Å². The lowest BCUT2D eigenvalue weighted by molar-refractivity contribution is -0.135. The van der Waals surface area contributed by atoms with E-state index in [1.54, 1.807) is 30.3 Å². The highest BCUT2D eigenvalue weighted by Crippen LogP contribution is 2.40. The summed E-state index contributed by atoms with van der Waals surface area (Å²) in [5, 5.41) is 31.2. The number of carbonyl (C=O) groups is 1. The van der Waals surface area contributed by atoms with Crippen LogP contribution in [0.5, 0.6) is 28.7 Å². The smallest absolute Gasteiger partial charge is 0.334 e. The van der Waals surface area contributed by atoms with Crippen LogP contribution in [0, 0.1) is 5.92 Å². The molecule has 1 heterocycles. The first-order valence-corrected chi connectivity index (χ1v) is 9.76. The minimum Gasteiger partial charge on any atom is -0.504 e. The number of esters is 1. The van der Waals surface area contributed by atoms with Crippen LogP contribution in [-0.2, 0) is 9.53 Å². The van der Waals surface area contributed by atoms with Crippen molar-refractivity contribution in [1.29, 1.82) is 0 Å². The van der Waals surface area contributed by atoms with E-state index >= 15 is 0 Å². The molecule has 2 aromatic carbocycles. The average molecular weight is 430 g/mol. The number of ether oxygens (including phenoxy) is 4. The number of aromatic hydroxyl groups is 2. The fraction of sp³-hybridized carbons (Fsp3) is 0.348. The van der Waals surface area contributed by atoms with E-state index in [1.807, 2.05) is 13.8 Å². The van der Waals surface area contributed by atoms with Gasteiger partial charge in [0, 0.05) is 5.57 Å². The van der Waals surface area contributed by atoms with Gasteiger partial charge in [-0.15, -0.1) is 0 Å². The van der Waals surface area contributed by atoms with Crippen molar-refractivity contribution in [2.75, 3.05) is 20.8 Å². The molecule has 8 heteroatoms. The van der Waals surface area contributed by atoms with Crippen molar-refractivity contribution in [3.63, 3.8) is 0 Å². The van der Waals surface area contributed by atoms with Crippen LogP contribution in [0.2, 0.25) is 0 Å². The molecule has 0 aliphatic carbocycles. The highest BCUT2D eigenvalue weighted by atomic mass is 16.5. The summed E-state index contributed by atoms with van der Waals surface area (Å²) >= 11 is 0. The summed E-state index contributed by atoms with van der Waals surface area (Å²) in [5.74, 6) is -0.802. The Morgan fingerprint density at radius 3 is 2.26 bits per heavy atom. The topological polar surface area (TPSA) is 115 Å². The maximum absolute atomic E-state index is 12.4. The zero-order chi connectivity index (χ0) is 22.7. The first-order valence-electron chi connectivity index (χ1n) is 9.76. The highest BCUT2D eigenvalue weighted by Gasteiger charge is 2.37. The number of cyclic esters (lactones) is 1. The number of hydrogen-bond acceptors (Lipinski definition) is 8. The van der Waals surface area contributed by atoms with E-state index in [2.05, 4.69) is 0 Å². The van der Waals surface area contributed by atoms with E-state index in [9.17, 15) is 20.1 Å². The van der Waals surface area contributed by atoms with Gasteiger partial charge in [-0.2, -0.15) is 0 Å². The number of aliphatic hydroxyl groups excluding tert-OH is 1. The van der Waals surface area contributed by atoms with Gasteiger partial charge in [-0.3, -0.25) is 0 Å². The Morgan fingerprint density at radius 1 is 1.06 bits per heavy atom. The Morgan fingerprint density at radius 2 is 1.71 bits per heavy atom. The Labute approximate surface area is 180 Å². The van der Waals surface area contributed by atoms with Crippen molar-refractivity contribution in [2.24, 2.45) is 5.92 Å². The molecule has 0 amide bonds. The molecule has 166 valence electrons. The van der Waals surface area contributed by atoms with Crippen LogP contribution >= 0.6 is 0 Å². The fourth-order valence-corrected chi connectivity index (χ4v) is 3.40. The third kappa shape index (κ3) is 4.69. The molecular formula is C23H26O8. The van der Waals surface area contributed by atoms with Crippen molar-refractivity contribution in [3.05, 3.63) is 47.0 Å². The standard InChI is InChI=1S/C23H26O8/c1-12(2)31-18-6-5-14(10-17(18)24)21(25)16-11-30-23(27)15(16)7-13-8-19(28-3)22(26)20(9-13)29-4/h5-10,12,16,21,24-26H,11H2,1-4H3/b15-7+/t16-,21+/m0/s1. The molecule has 3 N–H and O–H groups in total. The molecular weight excluding hydrogens is 404 g/mol. The molecule has 3 rings (SSSR count). The molecule has 0 saturated carbocycles. The van der Waals surface area contributed by atoms with E-state index in [-0.39, 0.29) is 41.3 Å². The van der Waals surface area contributed by atoms with E-state index in [0.717, 1.165) is 0 Å². The molecule has 8 nitrogen and oxygen atoms in total. The number of carbonyl (C=O) groups excluding carboxylic acids is 1. The van der Waals surface area contributed by atoms with Gasteiger partial charge in [0.05, 0.1) is 32.3 Å². The molecule has 2 atom stereocenters. The Balaban J connectivity index is 1.94. The first kappa shape index (κ1) is 22.3. The van der Waals surface area contributed by atoms with Gasteiger partial charge in [-0.25, -0.2) is 4.79 Å². The summed E-state index contributed by atoms with van der Waals surface area (Å²) in [4.78, 5) is 12.4. The summed E-state index contributed by atoms with van der Waals surface area (Å²) < 4.78 is 21.0. The molecule has 2 aromatic rings. The maximum atomic E-state index is 12.4. The lowest BCUT2D eigenvalue weighted by Gasteiger charge is -2.19. The Hall–Kier alpha value is -3.39. The Kier molecular flexibility index (Phi) is 6.60. The summed E-state index contributed by atoms with van der Waals surface area (Å²) in [6.07, 6.45) is 0.345.